The molecule has 0 aliphatic heterocycles. The minimum atomic E-state index is -0.735. The number of para-hydroxylation sites is 1. The highest BCUT2D eigenvalue weighted by Crippen LogP contribution is 2.28. The topological polar surface area (TPSA) is 121 Å². The van der Waals surface area contributed by atoms with Crippen LogP contribution in [-0.4, -0.2) is 47.1 Å². The summed E-state index contributed by atoms with van der Waals surface area (Å²) in [4.78, 5) is 38.9. The molecule has 0 bridgehead atoms. The fourth-order valence-corrected chi connectivity index (χ4v) is 4.11. The highest BCUT2D eigenvalue weighted by atomic mass is 16.5. The summed E-state index contributed by atoms with van der Waals surface area (Å²) in [5.41, 5.74) is 1.97. The van der Waals surface area contributed by atoms with Gasteiger partial charge in [-0.3, -0.25) is 14.4 Å². The second-order valence-electron chi connectivity index (χ2n) is 8.21. The summed E-state index contributed by atoms with van der Waals surface area (Å²) in [6.45, 7) is 0.613. The van der Waals surface area contributed by atoms with Crippen LogP contribution >= 0.6 is 0 Å². The second kappa shape index (κ2) is 10.2. The highest BCUT2D eigenvalue weighted by molar-refractivity contribution is 6.06. The van der Waals surface area contributed by atoms with Crippen LogP contribution in [0.3, 0.4) is 0 Å². The Kier molecular flexibility index (Phi) is 6.92. The van der Waals surface area contributed by atoms with Crippen LogP contribution in [0.1, 0.15) is 46.4 Å². The lowest BCUT2D eigenvalue weighted by molar-refractivity contribution is -0.143. The van der Waals surface area contributed by atoms with E-state index >= 15 is 0 Å². The Balaban J connectivity index is 1.20. The predicted molar refractivity (Wildman–Crippen MR) is 123 cm³/mol. The molecule has 0 unspecified atom stereocenters. The zero-order valence-electron chi connectivity index (χ0n) is 18.2. The minimum absolute atomic E-state index is 0.000959. The first-order valence-electron chi connectivity index (χ1n) is 11.1. The number of benzene rings is 2. The molecule has 1 fully saturated rings. The maximum atomic E-state index is 12.4. The molecule has 1 heterocycles. The summed E-state index contributed by atoms with van der Waals surface area (Å²) in [7, 11) is 0. The molecule has 8 heteroatoms. The molecule has 1 saturated carbocycles. The van der Waals surface area contributed by atoms with Gasteiger partial charge >= 0.3 is 5.97 Å². The largest absolute Gasteiger partial charge is 0.490 e. The zero-order valence-corrected chi connectivity index (χ0v) is 18.2. The van der Waals surface area contributed by atoms with Crippen LogP contribution in [0, 0.1) is 5.92 Å². The average Bonchev–Trinajstić information content (AvgIpc) is 3.27. The zero-order chi connectivity index (χ0) is 23.2. The Morgan fingerprint density at radius 1 is 0.909 bits per heavy atom. The average molecular weight is 450 g/mol. The molecule has 1 aliphatic rings. The SMILES string of the molecule is O=C(NCCNC(=O)c1c[nH]c2ccccc12)c1ccc(OC2CCC(C(=O)O)CC2)cc1. The van der Waals surface area contributed by atoms with Crippen molar-refractivity contribution in [2.45, 2.75) is 31.8 Å². The third-order valence-corrected chi connectivity index (χ3v) is 5.97. The number of carbonyl (C=O) groups is 3. The van der Waals surface area contributed by atoms with Gasteiger partial charge in [0.05, 0.1) is 17.6 Å². The van der Waals surface area contributed by atoms with Crippen molar-refractivity contribution >= 4 is 28.7 Å². The molecule has 2 aromatic carbocycles. The number of carboxylic acid groups (broad SMARTS) is 1. The van der Waals surface area contributed by atoms with Crippen LogP contribution in [0.4, 0.5) is 0 Å². The lowest BCUT2D eigenvalue weighted by Gasteiger charge is -2.26. The molecule has 4 rings (SSSR count). The van der Waals surface area contributed by atoms with Gasteiger partial charge in [-0.15, -0.1) is 0 Å². The van der Waals surface area contributed by atoms with Gasteiger partial charge in [0, 0.05) is 35.8 Å². The van der Waals surface area contributed by atoms with E-state index in [9.17, 15) is 14.4 Å². The summed E-state index contributed by atoms with van der Waals surface area (Å²) in [6.07, 6.45) is 4.35. The molecule has 4 N–H and O–H groups in total. The van der Waals surface area contributed by atoms with Gasteiger partial charge in [-0.05, 0) is 56.0 Å². The van der Waals surface area contributed by atoms with Crippen molar-refractivity contribution in [3.63, 3.8) is 0 Å². The number of nitrogens with one attached hydrogen (secondary N) is 3. The number of aromatic nitrogens is 1. The van der Waals surface area contributed by atoms with E-state index in [-0.39, 0.29) is 23.8 Å². The Labute approximate surface area is 191 Å². The summed E-state index contributed by atoms with van der Waals surface area (Å²) in [5, 5.41) is 15.6. The van der Waals surface area contributed by atoms with Crippen LogP contribution in [0.5, 0.6) is 5.75 Å². The van der Waals surface area contributed by atoms with Crippen LogP contribution in [0.2, 0.25) is 0 Å². The first kappa shape index (κ1) is 22.4. The van der Waals surface area contributed by atoms with Gasteiger partial charge in [-0.25, -0.2) is 0 Å². The van der Waals surface area contributed by atoms with Crippen molar-refractivity contribution in [3.05, 3.63) is 65.9 Å². The van der Waals surface area contributed by atoms with Crippen LogP contribution in [-0.2, 0) is 4.79 Å². The molecule has 2 amide bonds. The first-order valence-corrected chi connectivity index (χ1v) is 11.1. The normalized spacial score (nSPS) is 17.9. The third-order valence-electron chi connectivity index (χ3n) is 5.97. The quantitative estimate of drug-likeness (QED) is 0.393. The van der Waals surface area contributed by atoms with E-state index in [1.54, 1.807) is 30.5 Å². The van der Waals surface area contributed by atoms with Gasteiger partial charge < -0.3 is 25.5 Å². The standard InChI is InChI=1S/C25H27N3O5/c29-23(26-13-14-27-24(30)21-15-28-22-4-2-1-3-20(21)22)16-5-9-18(10-6-16)33-19-11-7-17(8-12-19)25(31)32/h1-6,9-10,15,17,19,28H,7-8,11-14H2,(H,26,29)(H,27,30)(H,31,32). The molecule has 0 atom stereocenters. The van der Waals surface area contributed by atoms with Crippen LogP contribution < -0.4 is 15.4 Å². The Morgan fingerprint density at radius 2 is 1.58 bits per heavy atom. The van der Waals surface area contributed by atoms with Crippen molar-refractivity contribution in [1.29, 1.82) is 0 Å². The lowest BCUT2D eigenvalue weighted by Crippen LogP contribution is -2.34. The van der Waals surface area contributed by atoms with Gasteiger partial charge in [-0.2, -0.15) is 0 Å². The van der Waals surface area contributed by atoms with Gasteiger partial charge in [-0.1, -0.05) is 18.2 Å². The molecule has 0 radical (unpaired) electrons. The Morgan fingerprint density at radius 3 is 2.27 bits per heavy atom. The number of aromatic amines is 1. The number of hydrogen-bond donors (Lipinski definition) is 4. The molecule has 1 aromatic heterocycles. The van der Waals surface area contributed by atoms with Crippen molar-refractivity contribution in [2.24, 2.45) is 5.92 Å². The minimum Gasteiger partial charge on any atom is -0.490 e. The predicted octanol–water partition coefficient (Wildman–Crippen LogP) is 3.35. The van der Waals surface area contributed by atoms with E-state index in [1.165, 1.54) is 0 Å². The van der Waals surface area contributed by atoms with Crippen molar-refractivity contribution in [2.75, 3.05) is 13.1 Å². The molecule has 0 saturated heterocycles. The molecule has 1 aliphatic carbocycles. The van der Waals surface area contributed by atoms with E-state index in [4.69, 9.17) is 9.84 Å². The van der Waals surface area contributed by atoms with Crippen molar-refractivity contribution in [3.8, 4) is 5.75 Å². The number of amides is 2. The summed E-state index contributed by atoms with van der Waals surface area (Å²) in [6, 6.07) is 14.5. The molecule has 8 nitrogen and oxygen atoms in total. The van der Waals surface area contributed by atoms with E-state index in [2.05, 4.69) is 15.6 Å². The van der Waals surface area contributed by atoms with E-state index in [0.717, 1.165) is 10.9 Å². The Bertz CT molecular complexity index is 1130. The number of fused-ring (bicyclic) bond motifs is 1. The molecule has 3 aromatic rings. The number of hydrogen-bond acceptors (Lipinski definition) is 4. The van der Waals surface area contributed by atoms with Crippen LogP contribution in [0.25, 0.3) is 10.9 Å². The summed E-state index contributed by atoms with van der Waals surface area (Å²) in [5.74, 6) is -0.772. The van der Waals surface area contributed by atoms with Crippen LogP contribution in [0.15, 0.2) is 54.7 Å². The van der Waals surface area contributed by atoms with E-state index < -0.39 is 5.97 Å². The Hall–Kier alpha value is -3.81. The number of aliphatic carboxylic acids is 1. The van der Waals surface area contributed by atoms with Gasteiger partial charge in [0.15, 0.2) is 0 Å². The van der Waals surface area contributed by atoms with E-state index in [0.29, 0.717) is 55.6 Å². The molecular formula is C25H27N3O5. The van der Waals surface area contributed by atoms with Crippen molar-refractivity contribution in [1.82, 2.24) is 15.6 Å². The molecule has 172 valence electrons. The lowest BCUT2D eigenvalue weighted by atomic mass is 9.87. The number of rotatable bonds is 8. The fraction of sp³-hybridized carbons (Fsp3) is 0.320. The van der Waals surface area contributed by atoms with Gasteiger partial charge in [0.1, 0.15) is 5.75 Å². The monoisotopic (exact) mass is 449 g/mol. The summed E-state index contributed by atoms with van der Waals surface area (Å²) < 4.78 is 5.93. The van der Waals surface area contributed by atoms with Crippen molar-refractivity contribution < 1.29 is 24.2 Å². The number of carbonyl (C=O) groups excluding carboxylic acids is 2. The number of carboxylic acids is 1. The first-order chi connectivity index (χ1) is 16.0. The van der Waals surface area contributed by atoms with Gasteiger partial charge in [0.2, 0.25) is 0 Å². The highest BCUT2D eigenvalue weighted by Gasteiger charge is 2.26. The fourth-order valence-electron chi connectivity index (χ4n) is 4.11. The maximum Gasteiger partial charge on any atom is 0.306 e. The molecule has 0 spiro atoms. The summed E-state index contributed by atoms with van der Waals surface area (Å²) >= 11 is 0. The molecular weight excluding hydrogens is 422 g/mol. The molecule has 33 heavy (non-hydrogen) atoms. The number of H-pyrrole nitrogens is 1. The maximum absolute atomic E-state index is 12.4. The second-order valence-corrected chi connectivity index (χ2v) is 8.21. The van der Waals surface area contributed by atoms with Gasteiger partial charge in [0.25, 0.3) is 11.8 Å². The smallest absolute Gasteiger partial charge is 0.306 e. The third kappa shape index (κ3) is 5.52. The van der Waals surface area contributed by atoms with E-state index in [1.807, 2.05) is 24.3 Å². The number of ether oxygens (including phenoxy) is 1.